The van der Waals surface area contributed by atoms with Crippen molar-refractivity contribution in [1.82, 2.24) is 15.0 Å². The van der Waals surface area contributed by atoms with E-state index in [-0.39, 0.29) is 6.10 Å². The molecule has 2 aromatic heterocycles. The van der Waals surface area contributed by atoms with E-state index in [9.17, 15) is 0 Å². The summed E-state index contributed by atoms with van der Waals surface area (Å²) in [6, 6.07) is 5.85. The Hall–Kier alpha value is -2.17. The Morgan fingerprint density at radius 1 is 1.11 bits per heavy atom. The van der Waals surface area contributed by atoms with Crippen molar-refractivity contribution in [2.24, 2.45) is 0 Å². The molecule has 0 saturated carbocycles. The lowest BCUT2D eigenvalue weighted by atomic mass is 10.3. The van der Waals surface area contributed by atoms with Gasteiger partial charge in [0.15, 0.2) is 5.82 Å². The number of hydrogen-bond acceptors (Lipinski definition) is 5. The van der Waals surface area contributed by atoms with Gasteiger partial charge in [-0.15, -0.1) is 0 Å². The monoisotopic (exact) mass is 258 g/mol. The van der Waals surface area contributed by atoms with Crippen molar-refractivity contribution in [2.75, 3.05) is 11.9 Å². The predicted molar refractivity (Wildman–Crippen MR) is 74.1 cm³/mol. The molecule has 0 bridgehead atoms. The number of pyridine rings is 1. The van der Waals surface area contributed by atoms with Crippen LogP contribution in [0.3, 0.4) is 0 Å². The van der Waals surface area contributed by atoms with E-state index in [0.717, 1.165) is 11.5 Å². The number of aromatic nitrogens is 3. The molecule has 0 saturated heterocycles. The van der Waals surface area contributed by atoms with E-state index in [1.807, 2.05) is 44.0 Å². The van der Waals surface area contributed by atoms with Crippen LogP contribution < -0.4 is 9.64 Å². The molecule has 0 aliphatic carbocycles. The van der Waals surface area contributed by atoms with Crippen molar-refractivity contribution in [2.45, 2.75) is 26.5 Å². The van der Waals surface area contributed by atoms with Gasteiger partial charge < -0.3 is 9.64 Å². The van der Waals surface area contributed by atoms with Crippen molar-refractivity contribution in [3.63, 3.8) is 0 Å². The molecule has 2 rings (SSSR count). The maximum Gasteiger partial charge on any atom is 0.257 e. The van der Waals surface area contributed by atoms with Gasteiger partial charge in [0.1, 0.15) is 0 Å². The number of ether oxygens (including phenoxy) is 1. The summed E-state index contributed by atoms with van der Waals surface area (Å²) in [6.07, 6.45) is 5.15. The Kier molecular flexibility index (Phi) is 4.28. The summed E-state index contributed by atoms with van der Waals surface area (Å²) in [6.45, 7) is 4.60. The zero-order chi connectivity index (χ0) is 13.7. The van der Waals surface area contributed by atoms with Gasteiger partial charge >= 0.3 is 0 Å². The highest BCUT2D eigenvalue weighted by atomic mass is 16.5. The second kappa shape index (κ2) is 6.13. The molecule has 0 atom stereocenters. The molecule has 0 aliphatic rings. The number of rotatable bonds is 5. The van der Waals surface area contributed by atoms with Gasteiger partial charge in [0.2, 0.25) is 0 Å². The normalized spacial score (nSPS) is 10.5. The lowest BCUT2D eigenvalue weighted by Crippen LogP contribution is -2.21. The Morgan fingerprint density at radius 2 is 1.89 bits per heavy atom. The van der Waals surface area contributed by atoms with Gasteiger partial charge in [0, 0.05) is 25.6 Å². The van der Waals surface area contributed by atoms with E-state index in [1.54, 1.807) is 18.6 Å². The molecule has 5 heteroatoms. The maximum absolute atomic E-state index is 5.67. The molecule has 0 spiro atoms. The molecule has 2 aromatic rings. The minimum atomic E-state index is 0.0682. The van der Waals surface area contributed by atoms with Gasteiger partial charge in [0.05, 0.1) is 18.3 Å². The van der Waals surface area contributed by atoms with Crippen LogP contribution in [-0.2, 0) is 6.54 Å². The molecule has 5 nitrogen and oxygen atoms in total. The zero-order valence-corrected chi connectivity index (χ0v) is 11.4. The van der Waals surface area contributed by atoms with Crippen LogP contribution in [0, 0.1) is 0 Å². The van der Waals surface area contributed by atoms with Crippen molar-refractivity contribution in [3.05, 3.63) is 42.5 Å². The van der Waals surface area contributed by atoms with Gasteiger partial charge in [-0.05, 0) is 26.0 Å². The molecule has 100 valence electrons. The minimum Gasteiger partial charge on any atom is -0.472 e. The Balaban J connectivity index is 2.16. The van der Waals surface area contributed by atoms with E-state index in [2.05, 4.69) is 15.0 Å². The Morgan fingerprint density at radius 3 is 2.58 bits per heavy atom. The fourth-order valence-corrected chi connectivity index (χ4v) is 1.70. The SMILES string of the molecule is CC(C)Oc1nccnc1N(C)Cc1ccccn1. The second-order valence-corrected chi connectivity index (χ2v) is 4.53. The van der Waals surface area contributed by atoms with Crippen molar-refractivity contribution in [1.29, 1.82) is 0 Å². The summed E-state index contributed by atoms with van der Waals surface area (Å²) >= 11 is 0. The highest BCUT2D eigenvalue weighted by Crippen LogP contribution is 2.23. The van der Waals surface area contributed by atoms with Crippen LogP contribution in [0.4, 0.5) is 5.82 Å². The molecule has 0 aromatic carbocycles. The van der Waals surface area contributed by atoms with Crippen molar-refractivity contribution >= 4 is 5.82 Å². The van der Waals surface area contributed by atoms with Crippen LogP contribution in [0.25, 0.3) is 0 Å². The fraction of sp³-hybridized carbons (Fsp3) is 0.357. The standard InChI is InChI=1S/C14H18N4O/c1-11(2)19-14-13(16-8-9-17-14)18(3)10-12-6-4-5-7-15-12/h4-9,11H,10H2,1-3H3. The molecule has 19 heavy (non-hydrogen) atoms. The average molecular weight is 258 g/mol. The van der Waals surface area contributed by atoms with Gasteiger partial charge in [-0.3, -0.25) is 4.98 Å². The fourth-order valence-electron chi connectivity index (χ4n) is 1.70. The van der Waals surface area contributed by atoms with Crippen LogP contribution in [0.15, 0.2) is 36.8 Å². The van der Waals surface area contributed by atoms with Gasteiger partial charge in [0.25, 0.3) is 5.88 Å². The third kappa shape index (κ3) is 3.64. The van der Waals surface area contributed by atoms with Crippen molar-refractivity contribution < 1.29 is 4.74 Å². The topological polar surface area (TPSA) is 51.1 Å². The average Bonchev–Trinajstić information content (AvgIpc) is 2.39. The Bertz CT molecular complexity index is 516. The maximum atomic E-state index is 5.67. The van der Waals surface area contributed by atoms with Crippen LogP contribution in [0.1, 0.15) is 19.5 Å². The summed E-state index contributed by atoms with van der Waals surface area (Å²) in [5.41, 5.74) is 0.978. The van der Waals surface area contributed by atoms with E-state index in [4.69, 9.17) is 4.74 Å². The first-order valence-electron chi connectivity index (χ1n) is 6.25. The first-order chi connectivity index (χ1) is 9.16. The highest BCUT2D eigenvalue weighted by molar-refractivity contribution is 5.47. The van der Waals surface area contributed by atoms with Gasteiger partial charge in [-0.25, -0.2) is 9.97 Å². The highest BCUT2D eigenvalue weighted by Gasteiger charge is 2.13. The summed E-state index contributed by atoms with van der Waals surface area (Å²) in [5, 5.41) is 0. The number of anilines is 1. The lowest BCUT2D eigenvalue weighted by Gasteiger charge is -2.20. The summed E-state index contributed by atoms with van der Waals surface area (Å²) < 4.78 is 5.67. The molecular weight excluding hydrogens is 240 g/mol. The third-order valence-corrected chi connectivity index (χ3v) is 2.48. The van der Waals surface area contributed by atoms with E-state index >= 15 is 0 Å². The smallest absolute Gasteiger partial charge is 0.257 e. The number of nitrogens with zero attached hydrogens (tertiary/aromatic N) is 4. The molecule has 2 heterocycles. The first-order valence-corrected chi connectivity index (χ1v) is 6.25. The minimum absolute atomic E-state index is 0.0682. The van der Waals surface area contributed by atoms with E-state index in [1.165, 1.54) is 0 Å². The molecule has 0 fully saturated rings. The van der Waals surface area contributed by atoms with E-state index in [0.29, 0.717) is 12.4 Å². The quantitative estimate of drug-likeness (QED) is 0.823. The molecule has 0 radical (unpaired) electrons. The van der Waals surface area contributed by atoms with Gasteiger partial charge in [-0.1, -0.05) is 6.07 Å². The first kappa shape index (κ1) is 13.3. The second-order valence-electron chi connectivity index (χ2n) is 4.53. The predicted octanol–water partition coefficient (Wildman–Crippen LogP) is 2.30. The van der Waals surface area contributed by atoms with Gasteiger partial charge in [-0.2, -0.15) is 0 Å². The molecule has 0 unspecified atom stereocenters. The van der Waals surface area contributed by atoms with Crippen LogP contribution in [0.2, 0.25) is 0 Å². The lowest BCUT2D eigenvalue weighted by molar-refractivity contribution is 0.232. The van der Waals surface area contributed by atoms with E-state index < -0.39 is 0 Å². The van der Waals surface area contributed by atoms with Crippen molar-refractivity contribution in [3.8, 4) is 5.88 Å². The third-order valence-electron chi connectivity index (χ3n) is 2.48. The summed E-state index contributed by atoms with van der Waals surface area (Å²) in [4.78, 5) is 14.9. The molecule has 0 aliphatic heterocycles. The van der Waals surface area contributed by atoms with Crippen LogP contribution in [-0.4, -0.2) is 28.1 Å². The number of hydrogen-bond donors (Lipinski definition) is 0. The zero-order valence-electron chi connectivity index (χ0n) is 11.4. The van der Waals surface area contributed by atoms with Crippen LogP contribution in [0.5, 0.6) is 5.88 Å². The van der Waals surface area contributed by atoms with Crippen LogP contribution >= 0.6 is 0 Å². The summed E-state index contributed by atoms with van der Waals surface area (Å²) in [5.74, 6) is 1.28. The molecule has 0 amide bonds. The molecular formula is C14H18N4O. The largest absolute Gasteiger partial charge is 0.472 e. The Labute approximate surface area is 113 Å². The molecule has 0 N–H and O–H groups in total. The summed E-state index contributed by atoms with van der Waals surface area (Å²) in [7, 11) is 1.95.